The van der Waals surface area contributed by atoms with Crippen molar-refractivity contribution < 1.29 is 26.8 Å². The third kappa shape index (κ3) is 4.82. The van der Waals surface area contributed by atoms with E-state index in [1.165, 1.54) is 13.0 Å². The SMILES string of the molecule is Cc1cc2c(cc1S(N)(=O)=O)S(=O)(=O)NC(Cc1ccc(CO[N+](=O)[O-])cc1)N2. The number of anilines is 1. The number of sulfonamides is 2. The molecule has 0 aromatic heterocycles. The molecule has 13 heteroatoms. The maximum absolute atomic E-state index is 12.6. The standard InChI is InChI=1S/C16H18N4O7S2/c1-10-6-13-15(8-14(10)28(17,23)24)29(25,26)19-16(18-13)7-11-2-4-12(5-3-11)9-27-20(21)22/h2-6,8,16,18-19H,7,9H2,1H3,(H2,17,23,24). The zero-order valence-corrected chi connectivity index (χ0v) is 16.8. The second-order valence-corrected chi connectivity index (χ2v) is 9.71. The molecule has 2 aromatic carbocycles. The van der Waals surface area contributed by atoms with E-state index in [0.29, 0.717) is 11.1 Å². The fraction of sp³-hybridized carbons (Fsp3) is 0.250. The van der Waals surface area contributed by atoms with Crippen molar-refractivity contribution in [2.24, 2.45) is 5.14 Å². The van der Waals surface area contributed by atoms with Gasteiger partial charge in [-0.2, -0.15) is 4.72 Å². The zero-order chi connectivity index (χ0) is 21.4. The molecule has 0 spiro atoms. The number of hydrogen-bond donors (Lipinski definition) is 3. The van der Waals surface area contributed by atoms with E-state index in [-0.39, 0.29) is 28.5 Å². The Kier molecular flexibility index (Phi) is 5.49. The molecule has 0 saturated heterocycles. The van der Waals surface area contributed by atoms with Gasteiger partial charge >= 0.3 is 0 Å². The van der Waals surface area contributed by atoms with E-state index in [4.69, 9.17) is 5.14 Å². The van der Waals surface area contributed by atoms with Crippen LogP contribution in [-0.4, -0.2) is 28.1 Å². The van der Waals surface area contributed by atoms with Crippen LogP contribution in [0.15, 0.2) is 46.2 Å². The summed E-state index contributed by atoms with van der Waals surface area (Å²) in [7, 11) is -8.03. The Morgan fingerprint density at radius 3 is 2.41 bits per heavy atom. The van der Waals surface area contributed by atoms with Crippen LogP contribution in [0.2, 0.25) is 0 Å². The zero-order valence-electron chi connectivity index (χ0n) is 15.2. The molecular weight excluding hydrogens is 424 g/mol. The topological polar surface area (TPSA) is 171 Å². The number of fused-ring (bicyclic) bond motifs is 1. The number of nitrogens with two attached hydrogens (primary N) is 1. The second kappa shape index (κ2) is 7.59. The van der Waals surface area contributed by atoms with Crippen LogP contribution in [0.5, 0.6) is 0 Å². The quantitative estimate of drug-likeness (QED) is 0.432. The highest BCUT2D eigenvalue weighted by molar-refractivity contribution is 7.90. The molecule has 3 rings (SSSR count). The van der Waals surface area contributed by atoms with Crippen LogP contribution in [0.25, 0.3) is 0 Å². The summed E-state index contributed by atoms with van der Waals surface area (Å²) in [5.41, 5.74) is 1.97. The number of rotatable bonds is 6. The summed E-state index contributed by atoms with van der Waals surface area (Å²) in [6.07, 6.45) is -0.390. The van der Waals surface area contributed by atoms with Gasteiger partial charge in [-0.05, 0) is 35.7 Å². The van der Waals surface area contributed by atoms with Gasteiger partial charge in [0, 0.05) is 6.42 Å². The molecule has 0 amide bonds. The predicted molar refractivity (Wildman–Crippen MR) is 102 cm³/mol. The highest BCUT2D eigenvalue weighted by Gasteiger charge is 2.31. The Labute approximate surface area is 167 Å². The first-order valence-corrected chi connectivity index (χ1v) is 11.3. The first-order chi connectivity index (χ1) is 13.5. The lowest BCUT2D eigenvalue weighted by atomic mass is 10.1. The fourth-order valence-electron chi connectivity index (χ4n) is 3.01. The van der Waals surface area contributed by atoms with Gasteiger partial charge in [-0.15, -0.1) is 10.1 Å². The van der Waals surface area contributed by atoms with Gasteiger partial charge in [0.05, 0.1) is 16.7 Å². The molecule has 0 saturated carbocycles. The van der Waals surface area contributed by atoms with Crippen molar-refractivity contribution in [1.82, 2.24) is 4.72 Å². The maximum Gasteiger partial charge on any atom is 0.294 e. The molecule has 1 aliphatic rings. The highest BCUT2D eigenvalue weighted by atomic mass is 32.2. The van der Waals surface area contributed by atoms with Crippen molar-refractivity contribution in [3.63, 3.8) is 0 Å². The Bertz CT molecular complexity index is 1160. The van der Waals surface area contributed by atoms with E-state index in [9.17, 15) is 26.9 Å². The summed E-state index contributed by atoms with van der Waals surface area (Å²) >= 11 is 0. The van der Waals surface area contributed by atoms with Crippen molar-refractivity contribution >= 4 is 25.7 Å². The molecule has 0 fully saturated rings. The monoisotopic (exact) mass is 442 g/mol. The first kappa shape index (κ1) is 21.0. The minimum absolute atomic E-state index is 0.180. The van der Waals surface area contributed by atoms with E-state index < -0.39 is 31.3 Å². The molecule has 29 heavy (non-hydrogen) atoms. The lowest BCUT2D eigenvalue weighted by molar-refractivity contribution is -0.763. The average molecular weight is 442 g/mol. The first-order valence-electron chi connectivity index (χ1n) is 8.27. The van der Waals surface area contributed by atoms with Crippen LogP contribution in [-0.2, 0) is 37.9 Å². The number of primary sulfonamides is 1. The molecule has 1 atom stereocenters. The van der Waals surface area contributed by atoms with Crippen molar-refractivity contribution in [1.29, 1.82) is 0 Å². The van der Waals surface area contributed by atoms with Crippen LogP contribution in [0.4, 0.5) is 5.69 Å². The lowest BCUT2D eigenvalue weighted by Crippen LogP contribution is -2.46. The van der Waals surface area contributed by atoms with E-state index in [1.807, 2.05) is 0 Å². The largest absolute Gasteiger partial charge is 0.368 e. The minimum atomic E-state index is -4.07. The summed E-state index contributed by atoms with van der Waals surface area (Å²) < 4.78 is 51.0. The van der Waals surface area contributed by atoms with Crippen molar-refractivity contribution in [2.75, 3.05) is 5.32 Å². The van der Waals surface area contributed by atoms with Crippen molar-refractivity contribution in [3.8, 4) is 0 Å². The molecular formula is C16H18N4O7S2. The molecule has 1 heterocycles. The van der Waals surface area contributed by atoms with Gasteiger partial charge in [-0.3, -0.25) is 0 Å². The Balaban J connectivity index is 1.82. The minimum Gasteiger partial charge on any atom is -0.368 e. The molecule has 1 aliphatic heterocycles. The summed E-state index contributed by atoms with van der Waals surface area (Å²) in [5, 5.41) is 17.5. The number of hydrogen-bond acceptors (Lipinski definition) is 8. The van der Waals surface area contributed by atoms with E-state index >= 15 is 0 Å². The fourth-order valence-corrected chi connectivity index (χ4v) is 5.19. The van der Waals surface area contributed by atoms with Gasteiger partial charge in [0.25, 0.3) is 5.09 Å². The van der Waals surface area contributed by atoms with E-state index in [0.717, 1.165) is 11.6 Å². The van der Waals surface area contributed by atoms with Gasteiger partial charge in [-0.25, -0.2) is 22.0 Å². The van der Waals surface area contributed by atoms with Crippen LogP contribution in [0.3, 0.4) is 0 Å². The van der Waals surface area contributed by atoms with E-state index in [1.54, 1.807) is 24.3 Å². The van der Waals surface area contributed by atoms with Crippen LogP contribution >= 0.6 is 0 Å². The smallest absolute Gasteiger partial charge is 0.294 e. The lowest BCUT2D eigenvalue weighted by Gasteiger charge is -2.29. The van der Waals surface area contributed by atoms with Crippen molar-refractivity contribution in [3.05, 3.63) is 63.2 Å². The Morgan fingerprint density at radius 2 is 1.83 bits per heavy atom. The summed E-state index contributed by atoms with van der Waals surface area (Å²) in [5.74, 6) is 0. The van der Waals surface area contributed by atoms with Crippen LogP contribution in [0, 0.1) is 17.0 Å². The normalized spacial score (nSPS) is 17.8. The van der Waals surface area contributed by atoms with Crippen molar-refractivity contribution in [2.45, 2.75) is 35.9 Å². The second-order valence-electron chi connectivity index (χ2n) is 6.49. The van der Waals surface area contributed by atoms with Gasteiger partial charge in [0.2, 0.25) is 20.0 Å². The summed E-state index contributed by atoms with van der Waals surface area (Å²) in [6.45, 7) is 1.34. The number of nitrogens with zero attached hydrogens (tertiary/aromatic N) is 1. The summed E-state index contributed by atoms with van der Waals surface area (Å²) in [6, 6.07) is 9.17. The number of nitrogens with one attached hydrogen (secondary N) is 2. The molecule has 11 nitrogen and oxygen atoms in total. The molecule has 1 unspecified atom stereocenters. The van der Waals surface area contributed by atoms with Gasteiger partial charge in [-0.1, -0.05) is 24.3 Å². The summed E-state index contributed by atoms with van der Waals surface area (Å²) in [4.78, 5) is 14.1. The number of benzene rings is 2. The molecule has 0 aliphatic carbocycles. The maximum atomic E-state index is 12.6. The third-order valence-electron chi connectivity index (χ3n) is 4.30. The van der Waals surface area contributed by atoms with Gasteiger partial charge in [0.15, 0.2) is 0 Å². The van der Waals surface area contributed by atoms with Crippen LogP contribution < -0.4 is 15.2 Å². The predicted octanol–water partition coefficient (Wildman–Crippen LogP) is 0.623. The average Bonchev–Trinajstić information content (AvgIpc) is 2.58. The Morgan fingerprint density at radius 1 is 1.21 bits per heavy atom. The highest BCUT2D eigenvalue weighted by Crippen LogP contribution is 2.31. The van der Waals surface area contributed by atoms with Gasteiger partial charge < -0.3 is 10.2 Å². The molecule has 4 N–H and O–H groups in total. The molecule has 156 valence electrons. The van der Waals surface area contributed by atoms with E-state index in [2.05, 4.69) is 14.9 Å². The number of aryl methyl sites for hydroxylation is 1. The Hall–Kier alpha value is -2.74. The van der Waals surface area contributed by atoms with Crippen LogP contribution in [0.1, 0.15) is 16.7 Å². The molecule has 0 bridgehead atoms. The van der Waals surface area contributed by atoms with Gasteiger partial charge in [0.1, 0.15) is 11.5 Å². The molecule has 0 radical (unpaired) electrons. The molecule has 2 aromatic rings. The third-order valence-corrected chi connectivity index (χ3v) is 6.86.